The zero-order valence-electron chi connectivity index (χ0n) is 10.0. The van der Waals surface area contributed by atoms with Gasteiger partial charge >= 0.3 is 5.97 Å². The first-order valence-corrected chi connectivity index (χ1v) is 5.52. The van der Waals surface area contributed by atoms with Crippen LogP contribution in [0, 0.1) is 0 Å². The SMILES string of the molecule is CC(O)CO.CCCCCC(=O)OCC. The molecule has 2 N–H and O–H groups in total. The lowest BCUT2D eigenvalue weighted by molar-refractivity contribution is -0.143. The predicted molar refractivity (Wildman–Crippen MR) is 59.5 cm³/mol. The van der Waals surface area contributed by atoms with Crippen molar-refractivity contribution in [3.63, 3.8) is 0 Å². The predicted octanol–water partition coefficient (Wildman–Crippen LogP) is 1.49. The number of hydrogen-bond acceptors (Lipinski definition) is 4. The van der Waals surface area contributed by atoms with Crippen LogP contribution in [0.5, 0.6) is 0 Å². The Morgan fingerprint density at radius 2 is 1.87 bits per heavy atom. The van der Waals surface area contributed by atoms with Gasteiger partial charge in [-0.2, -0.15) is 0 Å². The first kappa shape index (κ1) is 16.8. The number of rotatable bonds is 6. The van der Waals surface area contributed by atoms with Crippen LogP contribution in [-0.2, 0) is 9.53 Å². The summed E-state index contributed by atoms with van der Waals surface area (Å²) < 4.78 is 4.75. The maximum absolute atomic E-state index is 10.7. The third-order valence-corrected chi connectivity index (χ3v) is 1.55. The number of unbranched alkanes of at least 4 members (excludes halogenated alkanes) is 2. The van der Waals surface area contributed by atoms with Crippen LogP contribution in [0.15, 0.2) is 0 Å². The minimum absolute atomic E-state index is 0.0593. The van der Waals surface area contributed by atoms with Crippen molar-refractivity contribution in [3.8, 4) is 0 Å². The summed E-state index contributed by atoms with van der Waals surface area (Å²) in [6.07, 6.45) is 3.27. The standard InChI is InChI=1S/C8H16O2.C3H8O2/c1-3-5-6-7-8(9)10-4-2;1-3(5)2-4/h3-7H2,1-2H3;3-5H,2H2,1H3. The van der Waals surface area contributed by atoms with Gasteiger partial charge < -0.3 is 14.9 Å². The first-order chi connectivity index (χ1) is 7.08. The Balaban J connectivity index is 0. The largest absolute Gasteiger partial charge is 0.466 e. The Labute approximate surface area is 92.3 Å². The summed E-state index contributed by atoms with van der Waals surface area (Å²) in [5.74, 6) is -0.0593. The van der Waals surface area contributed by atoms with E-state index in [2.05, 4.69) is 6.92 Å². The molecule has 0 aliphatic rings. The average Bonchev–Trinajstić information content (AvgIpc) is 2.19. The van der Waals surface area contributed by atoms with Crippen molar-refractivity contribution in [2.24, 2.45) is 0 Å². The molecule has 0 aromatic rings. The van der Waals surface area contributed by atoms with Crippen molar-refractivity contribution in [2.75, 3.05) is 13.2 Å². The highest BCUT2D eigenvalue weighted by Gasteiger charge is 1.98. The second-order valence-corrected chi connectivity index (χ2v) is 3.29. The summed E-state index contributed by atoms with van der Waals surface area (Å²) in [5, 5.41) is 16.0. The zero-order chi connectivity index (χ0) is 12.1. The van der Waals surface area contributed by atoms with Gasteiger partial charge in [-0.15, -0.1) is 0 Å². The summed E-state index contributed by atoms with van der Waals surface area (Å²) in [4.78, 5) is 10.7. The fourth-order valence-corrected chi connectivity index (χ4v) is 0.752. The molecule has 0 aliphatic carbocycles. The number of esters is 1. The Bertz CT molecular complexity index is 135. The van der Waals surface area contributed by atoms with Gasteiger partial charge in [-0.25, -0.2) is 0 Å². The Morgan fingerprint density at radius 3 is 2.20 bits per heavy atom. The van der Waals surface area contributed by atoms with Crippen LogP contribution in [0.4, 0.5) is 0 Å². The van der Waals surface area contributed by atoms with Gasteiger partial charge in [-0.3, -0.25) is 4.79 Å². The third-order valence-electron chi connectivity index (χ3n) is 1.55. The number of carbonyl (C=O) groups excluding carboxylic acids is 1. The maximum atomic E-state index is 10.7. The van der Waals surface area contributed by atoms with E-state index in [1.807, 2.05) is 6.92 Å². The molecule has 0 aromatic carbocycles. The fourth-order valence-electron chi connectivity index (χ4n) is 0.752. The van der Waals surface area contributed by atoms with E-state index in [1.165, 1.54) is 6.92 Å². The molecule has 0 heterocycles. The summed E-state index contributed by atoms with van der Waals surface area (Å²) in [6.45, 7) is 5.84. The highest BCUT2D eigenvalue weighted by Crippen LogP contribution is 1.99. The molecule has 0 amide bonds. The molecule has 0 saturated carbocycles. The summed E-state index contributed by atoms with van der Waals surface area (Å²) >= 11 is 0. The van der Waals surface area contributed by atoms with Crippen molar-refractivity contribution in [1.82, 2.24) is 0 Å². The van der Waals surface area contributed by atoms with Gasteiger partial charge in [0.1, 0.15) is 0 Å². The summed E-state index contributed by atoms with van der Waals surface area (Å²) in [6, 6.07) is 0. The molecule has 0 spiro atoms. The molecule has 1 unspecified atom stereocenters. The van der Waals surface area contributed by atoms with Gasteiger partial charge in [0, 0.05) is 6.42 Å². The molecule has 4 nitrogen and oxygen atoms in total. The van der Waals surface area contributed by atoms with Crippen molar-refractivity contribution < 1.29 is 19.7 Å². The minimum Gasteiger partial charge on any atom is -0.466 e. The number of hydrogen-bond donors (Lipinski definition) is 2. The average molecular weight is 220 g/mol. The molecule has 0 bridgehead atoms. The van der Waals surface area contributed by atoms with E-state index in [9.17, 15) is 4.79 Å². The van der Waals surface area contributed by atoms with Crippen LogP contribution < -0.4 is 0 Å². The topological polar surface area (TPSA) is 66.8 Å². The third kappa shape index (κ3) is 19.7. The van der Waals surface area contributed by atoms with Crippen LogP contribution >= 0.6 is 0 Å². The van der Waals surface area contributed by atoms with Crippen LogP contribution in [0.1, 0.15) is 46.5 Å². The van der Waals surface area contributed by atoms with E-state index in [-0.39, 0.29) is 12.6 Å². The van der Waals surface area contributed by atoms with Gasteiger partial charge in [0.05, 0.1) is 19.3 Å². The van der Waals surface area contributed by atoms with Crippen molar-refractivity contribution in [2.45, 2.75) is 52.6 Å². The number of aliphatic hydroxyl groups excluding tert-OH is 2. The Hall–Kier alpha value is -0.610. The Morgan fingerprint density at radius 1 is 1.33 bits per heavy atom. The molecule has 0 aliphatic heterocycles. The normalized spacial score (nSPS) is 11.3. The second-order valence-electron chi connectivity index (χ2n) is 3.29. The minimum atomic E-state index is -0.560. The molecule has 0 rings (SSSR count). The van der Waals surface area contributed by atoms with Crippen LogP contribution in [0.2, 0.25) is 0 Å². The molecule has 0 radical (unpaired) electrons. The highest BCUT2D eigenvalue weighted by atomic mass is 16.5. The second kappa shape index (κ2) is 13.4. The van der Waals surface area contributed by atoms with Gasteiger partial charge in [-0.1, -0.05) is 19.8 Å². The van der Waals surface area contributed by atoms with E-state index < -0.39 is 6.10 Å². The molecular weight excluding hydrogens is 196 g/mol. The van der Waals surface area contributed by atoms with Gasteiger partial charge in [-0.05, 0) is 20.3 Å². The summed E-state index contributed by atoms with van der Waals surface area (Å²) in [5.41, 5.74) is 0. The van der Waals surface area contributed by atoms with E-state index in [1.54, 1.807) is 0 Å². The van der Waals surface area contributed by atoms with Crippen LogP contribution in [0.25, 0.3) is 0 Å². The van der Waals surface area contributed by atoms with Crippen molar-refractivity contribution in [3.05, 3.63) is 0 Å². The van der Waals surface area contributed by atoms with Gasteiger partial charge in [0.15, 0.2) is 0 Å². The molecular formula is C11H24O4. The highest BCUT2D eigenvalue weighted by molar-refractivity contribution is 5.69. The number of ether oxygens (including phenoxy) is 1. The lowest BCUT2D eigenvalue weighted by Crippen LogP contribution is -2.03. The quantitative estimate of drug-likeness (QED) is 0.525. The number of aliphatic hydroxyl groups is 2. The monoisotopic (exact) mass is 220 g/mol. The van der Waals surface area contributed by atoms with Crippen molar-refractivity contribution >= 4 is 5.97 Å². The molecule has 0 saturated heterocycles. The van der Waals surface area contributed by atoms with Gasteiger partial charge in [0.2, 0.25) is 0 Å². The maximum Gasteiger partial charge on any atom is 0.305 e. The molecule has 0 aromatic heterocycles. The number of carbonyl (C=O) groups is 1. The molecule has 92 valence electrons. The lowest BCUT2D eigenvalue weighted by atomic mass is 10.2. The summed E-state index contributed by atoms with van der Waals surface area (Å²) in [7, 11) is 0. The van der Waals surface area contributed by atoms with Crippen LogP contribution in [0.3, 0.4) is 0 Å². The van der Waals surface area contributed by atoms with Crippen LogP contribution in [-0.4, -0.2) is 35.5 Å². The molecule has 1 atom stereocenters. The lowest BCUT2D eigenvalue weighted by Gasteiger charge is -1.99. The molecule has 0 fully saturated rings. The van der Waals surface area contributed by atoms with E-state index in [0.29, 0.717) is 13.0 Å². The zero-order valence-corrected chi connectivity index (χ0v) is 10.0. The molecule has 4 heteroatoms. The van der Waals surface area contributed by atoms with Gasteiger partial charge in [0.25, 0.3) is 0 Å². The van der Waals surface area contributed by atoms with E-state index in [0.717, 1.165) is 19.3 Å². The smallest absolute Gasteiger partial charge is 0.305 e. The van der Waals surface area contributed by atoms with E-state index in [4.69, 9.17) is 14.9 Å². The van der Waals surface area contributed by atoms with Crippen molar-refractivity contribution in [1.29, 1.82) is 0 Å². The molecule has 15 heavy (non-hydrogen) atoms. The van der Waals surface area contributed by atoms with E-state index >= 15 is 0 Å². The first-order valence-electron chi connectivity index (χ1n) is 5.52. The Kier molecular flexibility index (Phi) is 15.0. The fraction of sp³-hybridized carbons (Fsp3) is 0.909.